The first-order valence-electron chi connectivity index (χ1n) is 7.79. The van der Waals surface area contributed by atoms with Gasteiger partial charge in [0.05, 0.1) is 5.69 Å². The van der Waals surface area contributed by atoms with Crippen molar-refractivity contribution in [2.24, 2.45) is 0 Å². The molecule has 0 fully saturated rings. The van der Waals surface area contributed by atoms with E-state index in [2.05, 4.69) is 36.3 Å². The number of nitrogens with one attached hydrogen (secondary N) is 1. The number of nitrogens with zero attached hydrogens (tertiary/aromatic N) is 1. The van der Waals surface area contributed by atoms with Gasteiger partial charge < -0.3 is 0 Å². The van der Waals surface area contributed by atoms with Crippen molar-refractivity contribution in [2.75, 3.05) is 5.32 Å². The van der Waals surface area contributed by atoms with Crippen molar-refractivity contribution in [3.8, 4) is 11.3 Å². The Hall–Kier alpha value is -2.43. The van der Waals surface area contributed by atoms with E-state index in [1.54, 1.807) is 18.2 Å². The van der Waals surface area contributed by atoms with Gasteiger partial charge in [0.25, 0.3) is 0 Å². The fourth-order valence-electron chi connectivity index (χ4n) is 2.29. The second-order valence-electron chi connectivity index (χ2n) is 5.71. The Kier molecular flexibility index (Phi) is 5.31. The van der Waals surface area contributed by atoms with Gasteiger partial charge in [0, 0.05) is 22.0 Å². The molecule has 3 rings (SSSR count). The van der Waals surface area contributed by atoms with Gasteiger partial charge in [-0.05, 0) is 54.8 Å². The number of anilines is 1. The van der Waals surface area contributed by atoms with Gasteiger partial charge in [-0.25, -0.2) is 4.98 Å². The molecule has 3 aromatic rings. The monoisotopic (exact) mass is 368 g/mol. The first-order valence-corrected chi connectivity index (χ1v) is 9.05. The Morgan fingerprint density at radius 3 is 2.76 bits per heavy atom. The Labute approximate surface area is 156 Å². The van der Waals surface area contributed by atoms with Crippen molar-refractivity contribution in [1.29, 1.82) is 0 Å². The third kappa shape index (κ3) is 4.56. The molecule has 1 aromatic heterocycles. The number of halogens is 1. The minimum Gasteiger partial charge on any atom is -0.298 e. The molecule has 1 N–H and O–H groups in total. The molecule has 25 heavy (non-hydrogen) atoms. The van der Waals surface area contributed by atoms with Gasteiger partial charge in [-0.1, -0.05) is 35.9 Å². The van der Waals surface area contributed by atoms with E-state index in [1.165, 1.54) is 28.5 Å². The van der Waals surface area contributed by atoms with Crippen LogP contribution in [0.2, 0.25) is 5.02 Å². The van der Waals surface area contributed by atoms with Crippen molar-refractivity contribution in [3.63, 3.8) is 0 Å². The lowest BCUT2D eigenvalue weighted by Crippen LogP contribution is -2.07. The molecule has 0 spiro atoms. The summed E-state index contributed by atoms with van der Waals surface area (Å²) in [4.78, 5) is 16.5. The molecule has 0 aliphatic rings. The van der Waals surface area contributed by atoms with E-state index in [9.17, 15) is 4.79 Å². The summed E-state index contributed by atoms with van der Waals surface area (Å²) in [6, 6.07) is 13.6. The topological polar surface area (TPSA) is 42.0 Å². The number of aryl methyl sites for hydroxylation is 2. The maximum atomic E-state index is 12.1. The fraction of sp³-hybridized carbons (Fsp3) is 0.100. The zero-order valence-electron chi connectivity index (χ0n) is 13.9. The van der Waals surface area contributed by atoms with Crippen LogP contribution in [-0.4, -0.2) is 10.9 Å². The summed E-state index contributed by atoms with van der Waals surface area (Å²) >= 11 is 7.34. The van der Waals surface area contributed by atoms with Crippen LogP contribution in [0.25, 0.3) is 17.3 Å². The molecule has 0 saturated heterocycles. The lowest BCUT2D eigenvalue weighted by atomic mass is 10.1. The first kappa shape index (κ1) is 17.4. The molecule has 0 bridgehead atoms. The van der Waals surface area contributed by atoms with Gasteiger partial charge >= 0.3 is 0 Å². The third-order valence-electron chi connectivity index (χ3n) is 3.81. The second-order valence-corrected chi connectivity index (χ2v) is 7.01. The summed E-state index contributed by atoms with van der Waals surface area (Å²) in [5.74, 6) is -0.221. The van der Waals surface area contributed by atoms with Crippen LogP contribution in [0.4, 0.5) is 5.13 Å². The van der Waals surface area contributed by atoms with Crippen LogP contribution in [0.3, 0.4) is 0 Å². The van der Waals surface area contributed by atoms with Gasteiger partial charge in [-0.15, -0.1) is 11.3 Å². The molecule has 0 saturated carbocycles. The van der Waals surface area contributed by atoms with Crippen LogP contribution in [0, 0.1) is 13.8 Å². The molecule has 0 aliphatic heterocycles. The highest BCUT2D eigenvalue weighted by Crippen LogP contribution is 2.26. The van der Waals surface area contributed by atoms with E-state index >= 15 is 0 Å². The number of rotatable bonds is 4. The number of hydrogen-bond donors (Lipinski definition) is 1. The normalized spacial score (nSPS) is 11.0. The fourth-order valence-corrected chi connectivity index (χ4v) is 3.22. The minimum atomic E-state index is -0.221. The number of thiazole rings is 1. The third-order valence-corrected chi connectivity index (χ3v) is 4.81. The standard InChI is InChI=1S/C20H17ClN2OS/c1-13-6-8-16(10-14(13)2)18-12-25-20(22-18)23-19(24)9-7-15-4-3-5-17(21)11-15/h3-12H,1-2H3,(H,22,23,24). The van der Waals surface area contributed by atoms with Gasteiger partial charge in [-0.2, -0.15) is 0 Å². The maximum absolute atomic E-state index is 12.1. The lowest BCUT2D eigenvalue weighted by molar-refractivity contribution is -0.111. The van der Waals surface area contributed by atoms with Crippen molar-refractivity contribution < 1.29 is 4.79 Å². The maximum Gasteiger partial charge on any atom is 0.250 e. The van der Waals surface area contributed by atoms with E-state index in [0.717, 1.165) is 16.8 Å². The zero-order valence-corrected chi connectivity index (χ0v) is 15.5. The van der Waals surface area contributed by atoms with Crippen LogP contribution in [0.15, 0.2) is 53.9 Å². The number of amides is 1. The summed E-state index contributed by atoms with van der Waals surface area (Å²) in [6.45, 7) is 4.16. The summed E-state index contributed by atoms with van der Waals surface area (Å²) in [5.41, 5.74) is 5.26. The molecule has 0 atom stereocenters. The Morgan fingerprint density at radius 1 is 1.16 bits per heavy atom. The van der Waals surface area contributed by atoms with Crippen molar-refractivity contribution in [3.05, 3.63) is 75.6 Å². The summed E-state index contributed by atoms with van der Waals surface area (Å²) in [6.07, 6.45) is 3.20. The number of carbonyl (C=O) groups excluding carboxylic acids is 1. The van der Waals surface area contributed by atoms with Crippen molar-refractivity contribution in [2.45, 2.75) is 13.8 Å². The number of benzene rings is 2. The smallest absolute Gasteiger partial charge is 0.250 e. The van der Waals surface area contributed by atoms with Crippen LogP contribution >= 0.6 is 22.9 Å². The number of aromatic nitrogens is 1. The molecular weight excluding hydrogens is 352 g/mol. The number of hydrogen-bond acceptors (Lipinski definition) is 3. The van der Waals surface area contributed by atoms with Crippen LogP contribution < -0.4 is 5.32 Å². The van der Waals surface area contributed by atoms with E-state index in [-0.39, 0.29) is 5.91 Å². The summed E-state index contributed by atoms with van der Waals surface area (Å²) in [5, 5.41) is 5.95. The Bertz CT molecular complexity index is 946. The summed E-state index contributed by atoms with van der Waals surface area (Å²) in [7, 11) is 0. The predicted molar refractivity (Wildman–Crippen MR) is 106 cm³/mol. The van der Waals surface area contributed by atoms with Crippen molar-refractivity contribution >= 4 is 40.1 Å². The molecule has 1 amide bonds. The van der Waals surface area contributed by atoms with Crippen LogP contribution in [0.5, 0.6) is 0 Å². The quantitative estimate of drug-likeness (QED) is 0.597. The highest BCUT2D eigenvalue weighted by atomic mass is 35.5. The molecule has 126 valence electrons. The summed E-state index contributed by atoms with van der Waals surface area (Å²) < 4.78 is 0. The molecule has 3 nitrogen and oxygen atoms in total. The second kappa shape index (κ2) is 7.64. The highest BCUT2D eigenvalue weighted by Gasteiger charge is 2.07. The Morgan fingerprint density at radius 2 is 2.00 bits per heavy atom. The molecule has 0 radical (unpaired) electrons. The molecule has 5 heteroatoms. The predicted octanol–water partition coefficient (Wildman–Crippen LogP) is 5.73. The Balaban J connectivity index is 1.68. The molecular formula is C20H17ClN2OS. The van der Waals surface area contributed by atoms with Crippen LogP contribution in [0.1, 0.15) is 16.7 Å². The first-order chi connectivity index (χ1) is 12.0. The average Bonchev–Trinajstić information content (AvgIpc) is 3.04. The van der Waals surface area contributed by atoms with Gasteiger partial charge in [0.15, 0.2) is 5.13 Å². The molecule has 2 aromatic carbocycles. The van der Waals surface area contributed by atoms with Gasteiger partial charge in [0.1, 0.15) is 0 Å². The highest BCUT2D eigenvalue weighted by molar-refractivity contribution is 7.14. The largest absolute Gasteiger partial charge is 0.298 e. The van der Waals surface area contributed by atoms with Gasteiger partial charge in [-0.3, -0.25) is 10.1 Å². The SMILES string of the molecule is Cc1ccc(-c2csc(NC(=O)C=Cc3cccc(Cl)c3)n2)cc1C. The van der Waals surface area contributed by atoms with Gasteiger partial charge in [0.2, 0.25) is 5.91 Å². The van der Waals surface area contributed by atoms with Crippen LogP contribution in [-0.2, 0) is 4.79 Å². The van der Waals surface area contributed by atoms with E-state index in [4.69, 9.17) is 11.6 Å². The average molecular weight is 369 g/mol. The van der Waals surface area contributed by atoms with E-state index < -0.39 is 0 Å². The van der Waals surface area contributed by atoms with E-state index in [1.807, 2.05) is 23.6 Å². The minimum absolute atomic E-state index is 0.221. The molecule has 0 aliphatic carbocycles. The van der Waals surface area contributed by atoms with E-state index in [0.29, 0.717) is 10.2 Å². The zero-order chi connectivity index (χ0) is 17.8. The number of carbonyl (C=O) groups is 1. The van der Waals surface area contributed by atoms with Crippen molar-refractivity contribution in [1.82, 2.24) is 4.98 Å². The molecule has 0 unspecified atom stereocenters. The molecule has 1 heterocycles. The lowest BCUT2D eigenvalue weighted by Gasteiger charge is -2.02.